The summed E-state index contributed by atoms with van der Waals surface area (Å²) in [5.41, 5.74) is 11.1. The second-order valence-corrected chi connectivity index (χ2v) is 7.90. The Balaban J connectivity index is 0.000000868. The maximum absolute atomic E-state index is 8.36. The third-order valence-corrected chi connectivity index (χ3v) is 5.70. The molecule has 0 fully saturated rings. The molecule has 5 rings (SSSR count). The van der Waals surface area contributed by atoms with Crippen LogP contribution in [0.25, 0.3) is 21.7 Å². The van der Waals surface area contributed by atoms with Crippen LogP contribution in [0, 0.1) is 12.3 Å². The molecule has 6 heteroatoms. The first-order valence-corrected chi connectivity index (χ1v) is 10.8. The van der Waals surface area contributed by atoms with Gasteiger partial charge in [-0.15, -0.1) is 0 Å². The fourth-order valence-corrected chi connectivity index (χ4v) is 4.16. The zero-order chi connectivity index (χ0) is 24.1. The van der Waals surface area contributed by atoms with E-state index in [1.165, 1.54) is 16.5 Å². The zero-order valence-corrected chi connectivity index (χ0v) is 18.7. The number of nitrogens with one attached hydrogen (secondary N) is 2. The van der Waals surface area contributed by atoms with Crippen LogP contribution < -0.4 is 10.5 Å². The van der Waals surface area contributed by atoms with Crippen LogP contribution >= 0.6 is 0 Å². The minimum absolute atomic E-state index is 0.0791. The molecule has 0 aliphatic carbocycles. The van der Waals surface area contributed by atoms with Crippen molar-refractivity contribution in [2.45, 2.75) is 13.3 Å². The number of fused-ring (bicyclic) bond motifs is 2. The van der Waals surface area contributed by atoms with Gasteiger partial charge in [0.05, 0.1) is 0 Å². The Kier molecular flexibility index (Phi) is 6.59. The zero-order valence-electron chi connectivity index (χ0n) is 18.7. The largest absolute Gasteiger partial charge is 0.483 e. The molecule has 0 saturated heterocycles. The van der Waals surface area contributed by atoms with E-state index < -0.39 is 0 Å². The van der Waals surface area contributed by atoms with Gasteiger partial charge < -0.3 is 20.6 Å². The van der Waals surface area contributed by atoms with Crippen molar-refractivity contribution in [2.75, 3.05) is 0 Å². The summed E-state index contributed by atoms with van der Waals surface area (Å²) in [5, 5.41) is 18.1. The Hall–Kier alpha value is -4.58. The van der Waals surface area contributed by atoms with Gasteiger partial charge in [0.15, 0.2) is 0 Å². The number of aromatic amines is 1. The number of nitrogens with two attached hydrogens (primary N) is 1. The number of rotatable bonds is 5. The maximum Gasteiger partial charge on any atom is 0.290 e. The summed E-state index contributed by atoms with van der Waals surface area (Å²) in [6, 6.07) is 28.3. The Bertz CT molecular complexity index is 1470. The predicted octanol–water partition coefficient (Wildman–Crippen LogP) is 6.00. The molecule has 170 valence electrons. The van der Waals surface area contributed by atoms with E-state index in [1.54, 1.807) is 0 Å². The van der Waals surface area contributed by atoms with Crippen LogP contribution in [0.5, 0.6) is 11.5 Å². The Morgan fingerprint density at radius 2 is 1.68 bits per heavy atom. The lowest BCUT2D eigenvalue weighted by molar-refractivity contribution is -0.122. The van der Waals surface area contributed by atoms with Crippen molar-refractivity contribution < 1.29 is 14.6 Å². The quantitative estimate of drug-likeness (QED) is 0.149. The van der Waals surface area contributed by atoms with Crippen LogP contribution in [-0.4, -0.2) is 22.4 Å². The molecule has 0 aliphatic rings. The Morgan fingerprint density at radius 3 is 2.41 bits per heavy atom. The van der Waals surface area contributed by atoms with Gasteiger partial charge in [-0.2, -0.15) is 0 Å². The molecule has 0 spiro atoms. The van der Waals surface area contributed by atoms with Crippen LogP contribution in [0.15, 0.2) is 84.9 Å². The molecule has 0 amide bonds. The number of nitrogen functional groups attached to an aromatic ring is 1. The number of hydrogen-bond acceptors (Lipinski definition) is 3. The molecular weight excluding hydrogens is 426 g/mol. The van der Waals surface area contributed by atoms with E-state index in [9.17, 15) is 0 Å². The van der Waals surface area contributed by atoms with E-state index in [0.717, 1.165) is 45.5 Å². The van der Waals surface area contributed by atoms with Crippen LogP contribution in [0.2, 0.25) is 0 Å². The lowest BCUT2D eigenvalue weighted by atomic mass is 9.96. The topological polar surface area (TPSA) is 112 Å². The summed E-state index contributed by atoms with van der Waals surface area (Å²) >= 11 is 0. The summed E-state index contributed by atoms with van der Waals surface area (Å²) < 4.78 is 6.16. The van der Waals surface area contributed by atoms with Gasteiger partial charge in [0.25, 0.3) is 6.47 Å². The molecule has 0 bridgehead atoms. The van der Waals surface area contributed by atoms with Gasteiger partial charge in [-0.25, -0.2) is 0 Å². The highest BCUT2D eigenvalue weighted by Gasteiger charge is 2.14. The minimum atomic E-state index is -0.250. The van der Waals surface area contributed by atoms with Crippen molar-refractivity contribution in [2.24, 2.45) is 5.73 Å². The number of ether oxygens (including phenoxy) is 1. The van der Waals surface area contributed by atoms with Crippen LogP contribution in [0.4, 0.5) is 0 Å². The lowest BCUT2D eigenvalue weighted by Gasteiger charge is -2.12. The summed E-state index contributed by atoms with van der Waals surface area (Å²) in [5.74, 6) is 1.72. The number of carbonyl (C=O) groups is 1. The molecule has 6 nitrogen and oxygen atoms in total. The van der Waals surface area contributed by atoms with Gasteiger partial charge >= 0.3 is 0 Å². The van der Waals surface area contributed by atoms with Crippen molar-refractivity contribution in [3.05, 3.63) is 107 Å². The number of carboxylic acid groups (broad SMARTS) is 1. The van der Waals surface area contributed by atoms with Gasteiger partial charge in [0, 0.05) is 28.6 Å². The first-order valence-electron chi connectivity index (χ1n) is 10.8. The van der Waals surface area contributed by atoms with E-state index in [4.69, 9.17) is 25.8 Å². The number of benzene rings is 4. The Labute approximate surface area is 197 Å². The van der Waals surface area contributed by atoms with E-state index in [-0.39, 0.29) is 12.3 Å². The van der Waals surface area contributed by atoms with E-state index in [2.05, 4.69) is 48.3 Å². The minimum Gasteiger partial charge on any atom is -0.483 e. The number of hydrogen-bond donors (Lipinski definition) is 4. The fraction of sp³-hybridized carbons (Fsp3) is 0.0714. The molecule has 0 atom stereocenters. The second kappa shape index (κ2) is 9.92. The van der Waals surface area contributed by atoms with Gasteiger partial charge in [-0.3, -0.25) is 10.2 Å². The molecule has 1 heterocycles. The molecule has 5 aromatic rings. The number of H-pyrrole nitrogens is 1. The Morgan fingerprint density at radius 1 is 0.971 bits per heavy atom. The van der Waals surface area contributed by atoms with Gasteiger partial charge in [-0.1, -0.05) is 42.5 Å². The van der Waals surface area contributed by atoms with Crippen molar-refractivity contribution in [1.29, 1.82) is 5.41 Å². The van der Waals surface area contributed by atoms with Gasteiger partial charge in [-0.05, 0) is 71.3 Å². The summed E-state index contributed by atoms with van der Waals surface area (Å²) in [4.78, 5) is 11.8. The standard InChI is InChI=1S/C27H23N3O.CH2O2/c1-17-24(25-15-19(27(28)29)11-12-26(25)30-17)16-20-14-22(31-21-8-3-2-4-9-21)13-18-7-5-6-10-23(18)20;2-1-3/h2-15,30H,16H2,1H3,(H3,28,29);1H,(H,2,3). The van der Waals surface area contributed by atoms with Crippen molar-refractivity contribution >= 4 is 34.0 Å². The average Bonchev–Trinajstić information content (AvgIpc) is 3.14. The first kappa shape index (κ1) is 22.6. The summed E-state index contributed by atoms with van der Waals surface area (Å²) in [6.07, 6.45) is 0.750. The number of aromatic nitrogens is 1. The molecular formula is C28H25N3O3. The van der Waals surface area contributed by atoms with Crippen molar-refractivity contribution in [1.82, 2.24) is 4.98 Å². The average molecular weight is 452 g/mol. The summed E-state index contributed by atoms with van der Waals surface area (Å²) in [7, 11) is 0. The normalized spacial score (nSPS) is 10.5. The molecule has 0 aliphatic heterocycles. The van der Waals surface area contributed by atoms with Gasteiger partial charge in [0.2, 0.25) is 0 Å². The van der Waals surface area contributed by atoms with Crippen molar-refractivity contribution in [3.63, 3.8) is 0 Å². The van der Waals surface area contributed by atoms with E-state index in [0.29, 0.717) is 0 Å². The maximum atomic E-state index is 8.36. The molecule has 5 N–H and O–H groups in total. The highest BCUT2D eigenvalue weighted by Crippen LogP contribution is 2.33. The lowest BCUT2D eigenvalue weighted by Crippen LogP contribution is -2.10. The SMILES string of the molecule is Cc1[nH]c2ccc(C(=N)N)cc2c1Cc1cc(Oc2ccccc2)cc2ccccc12.O=CO. The highest BCUT2D eigenvalue weighted by atomic mass is 16.5. The van der Waals surface area contributed by atoms with E-state index >= 15 is 0 Å². The number of para-hydroxylation sites is 1. The molecule has 0 unspecified atom stereocenters. The first-order chi connectivity index (χ1) is 16.5. The third-order valence-electron chi connectivity index (χ3n) is 5.70. The molecule has 0 radical (unpaired) electrons. The smallest absolute Gasteiger partial charge is 0.290 e. The number of aryl methyl sites for hydroxylation is 1. The van der Waals surface area contributed by atoms with E-state index in [1.807, 2.05) is 48.5 Å². The highest BCUT2D eigenvalue weighted by molar-refractivity contribution is 6.00. The van der Waals surface area contributed by atoms with Gasteiger partial charge in [0.1, 0.15) is 17.3 Å². The molecule has 34 heavy (non-hydrogen) atoms. The van der Waals surface area contributed by atoms with Crippen LogP contribution in [0.3, 0.4) is 0 Å². The number of amidine groups is 1. The van der Waals surface area contributed by atoms with Crippen LogP contribution in [-0.2, 0) is 11.2 Å². The molecule has 4 aromatic carbocycles. The molecule has 0 saturated carbocycles. The molecule has 1 aromatic heterocycles. The predicted molar refractivity (Wildman–Crippen MR) is 136 cm³/mol. The fourth-order valence-electron chi connectivity index (χ4n) is 4.16. The van der Waals surface area contributed by atoms with Crippen molar-refractivity contribution in [3.8, 4) is 11.5 Å². The van der Waals surface area contributed by atoms with Crippen LogP contribution in [0.1, 0.15) is 22.4 Å². The second-order valence-electron chi connectivity index (χ2n) is 7.90. The third kappa shape index (κ3) is 4.76. The summed E-state index contributed by atoms with van der Waals surface area (Å²) in [6.45, 7) is 1.84. The monoisotopic (exact) mass is 451 g/mol.